The van der Waals surface area contributed by atoms with Crippen molar-refractivity contribution < 1.29 is 24.5 Å². The highest BCUT2D eigenvalue weighted by Gasteiger charge is 2.29. The molecule has 1 aliphatic rings. The van der Waals surface area contributed by atoms with Gasteiger partial charge in [-0.25, -0.2) is 4.79 Å². The summed E-state index contributed by atoms with van der Waals surface area (Å²) < 4.78 is 5.16. The quantitative estimate of drug-likeness (QED) is 0.636. The molecule has 1 fully saturated rings. The zero-order chi connectivity index (χ0) is 14.7. The standard InChI is InChI=1S/C13H16N2O5/c1-20-8-5-10(14-6-8)12(17)15-7-2-3-9(13(18)19)11(16)4-7/h2-4,8,10,14,16H,5-6H2,1H3,(H,15,17)(H,18,19). The highest BCUT2D eigenvalue weighted by atomic mass is 16.5. The molecule has 2 atom stereocenters. The van der Waals surface area contributed by atoms with Gasteiger partial charge in [-0.1, -0.05) is 0 Å². The van der Waals surface area contributed by atoms with E-state index in [1.807, 2.05) is 0 Å². The topological polar surface area (TPSA) is 108 Å². The van der Waals surface area contributed by atoms with E-state index < -0.39 is 5.97 Å². The Kier molecular flexibility index (Phi) is 4.21. The first kappa shape index (κ1) is 14.3. The number of hydrogen-bond donors (Lipinski definition) is 4. The molecule has 0 saturated carbocycles. The van der Waals surface area contributed by atoms with Gasteiger partial charge in [0.15, 0.2) is 0 Å². The van der Waals surface area contributed by atoms with Crippen LogP contribution in [0.3, 0.4) is 0 Å². The molecule has 1 saturated heterocycles. The van der Waals surface area contributed by atoms with Crippen molar-refractivity contribution in [2.45, 2.75) is 18.6 Å². The second-order valence-electron chi connectivity index (χ2n) is 4.58. The Morgan fingerprint density at radius 2 is 2.20 bits per heavy atom. The molecule has 0 radical (unpaired) electrons. The minimum atomic E-state index is -1.22. The summed E-state index contributed by atoms with van der Waals surface area (Å²) >= 11 is 0. The van der Waals surface area contributed by atoms with Gasteiger partial charge in [-0.15, -0.1) is 0 Å². The summed E-state index contributed by atoms with van der Waals surface area (Å²) in [4.78, 5) is 22.7. The molecule has 0 spiro atoms. The number of nitrogens with one attached hydrogen (secondary N) is 2. The number of ether oxygens (including phenoxy) is 1. The fraction of sp³-hybridized carbons (Fsp3) is 0.385. The molecule has 0 aliphatic carbocycles. The van der Waals surface area contributed by atoms with Crippen molar-refractivity contribution >= 4 is 17.6 Å². The molecule has 4 N–H and O–H groups in total. The molecule has 1 aliphatic heterocycles. The lowest BCUT2D eigenvalue weighted by Crippen LogP contribution is -2.35. The summed E-state index contributed by atoms with van der Waals surface area (Å²) in [5, 5.41) is 24.0. The predicted octanol–water partition coefficient (Wildman–Crippen LogP) is 0.406. The van der Waals surface area contributed by atoms with E-state index in [-0.39, 0.29) is 29.4 Å². The van der Waals surface area contributed by atoms with Crippen molar-refractivity contribution in [3.63, 3.8) is 0 Å². The minimum absolute atomic E-state index is 0.00791. The van der Waals surface area contributed by atoms with Crippen LogP contribution >= 0.6 is 0 Å². The van der Waals surface area contributed by atoms with Gasteiger partial charge >= 0.3 is 5.97 Å². The third kappa shape index (κ3) is 3.06. The van der Waals surface area contributed by atoms with Crippen molar-refractivity contribution in [3.8, 4) is 5.75 Å². The van der Waals surface area contributed by atoms with E-state index in [9.17, 15) is 14.7 Å². The number of rotatable bonds is 4. The van der Waals surface area contributed by atoms with Crippen molar-refractivity contribution in [3.05, 3.63) is 23.8 Å². The fourth-order valence-electron chi connectivity index (χ4n) is 2.10. The zero-order valence-corrected chi connectivity index (χ0v) is 10.9. The highest BCUT2D eigenvalue weighted by Crippen LogP contribution is 2.22. The first-order chi connectivity index (χ1) is 9.51. The smallest absolute Gasteiger partial charge is 0.339 e. The molecule has 0 aromatic heterocycles. The Balaban J connectivity index is 2.02. The van der Waals surface area contributed by atoms with Crippen LogP contribution in [0.15, 0.2) is 18.2 Å². The van der Waals surface area contributed by atoms with Crippen LogP contribution in [-0.4, -0.2) is 47.9 Å². The first-order valence-corrected chi connectivity index (χ1v) is 6.14. The zero-order valence-electron chi connectivity index (χ0n) is 10.9. The van der Waals surface area contributed by atoms with Gasteiger partial charge in [0.05, 0.1) is 12.1 Å². The molecular weight excluding hydrogens is 264 g/mol. The third-order valence-electron chi connectivity index (χ3n) is 3.24. The van der Waals surface area contributed by atoms with E-state index in [0.717, 1.165) is 0 Å². The van der Waals surface area contributed by atoms with Crippen LogP contribution in [0.25, 0.3) is 0 Å². The van der Waals surface area contributed by atoms with Crippen LogP contribution in [0.4, 0.5) is 5.69 Å². The van der Waals surface area contributed by atoms with Crippen LogP contribution < -0.4 is 10.6 Å². The molecule has 2 unspecified atom stereocenters. The lowest BCUT2D eigenvalue weighted by Gasteiger charge is -2.12. The summed E-state index contributed by atoms with van der Waals surface area (Å²) in [7, 11) is 1.59. The third-order valence-corrected chi connectivity index (χ3v) is 3.24. The van der Waals surface area contributed by atoms with E-state index in [1.165, 1.54) is 18.2 Å². The van der Waals surface area contributed by atoms with Gasteiger partial charge in [-0.05, 0) is 18.6 Å². The second kappa shape index (κ2) is 5.89. The molecule has 2 rings (SSSR count). The number of hydrogen-bond acceptors (Lipinski definition) is 5. The summed E-state index contributed by atoms with van der Waals surface area (Å²) in [6.07, 6.45) is 0.579. The lowest BCUT2D eigenvalue weighted by molar-refractivity contribution is -0.118. The molecule has 108 valence electrons. The number of phenols is 1. The van der Waals surface area contributed by atoms with Crippen molar-refractivity contribution in [2.75, 3.05) is 19.0 Å². The van der Waals surface area contributed by atoms with E-state index in [2.05, 4.69) is 10.6 Å². The van der Waals surface area contributed by atoms with Gasteiger partial charge in [0.1, 0.15) is 11.3 Å². The number of aromatic hydroxyl groups is 1. The second-order valence-corrected chi connectivity index (χ2v) is 4.58. The number of carboxylic acid groups (broad SMARTS) is 1. The Bertz CT molecular complexity index is 531. The molecule has 1 aromatic rings. The highest BCUT2D eigenvalue weighted by molar-refractivity contribution is 5.97. The SMILES string of the molecule is COC1CNC(C(=O)Nc2ccc(C(=O)O)c(O)c2)C1. The number of aromatic carboxylic acids is 1. The first-order valence-electron chi connectivity index (χ1n) is 6.14. The number of anilines is 1. The summed E-state index contributed by atoms with van der Waals surface area (Å²) in [5.74, 6) is -1.85. The van der Waals surface area contributed by atoms with E-state index in [0.29, 0.717) is 18.7 Å². The molecule has 1 heterocycles. The number of benzene rings is 1. The van der Waals surface area contributed by atoms with Gasteiger partial charge in [0, 0.05) is 25.4 Å². The largest absolute Gasteiger partial charge is 0.507 e. The van der Waals surface area contributed by atoms with Crippen molar-refractivity contribution in [2.24, 2.45) is 0 Å². The maximum Gasteiger partial charge on any atom is 0.339 e. The summed E-state index contributed by atoms with van der Waals surface area (Å²) in [5.41, 5.74) is 0.140. The Labute approximate surface area is 115 Å². The molecule has 20 heavy (non-hydrogen) atoms. The van der Waals surface area contributed by atoms with E-state index in [1.54, 1.807) is 7.11 Å². The average Bonchev–Trinajstić information content (AvgIpc) is 2.87. The molecule has 7 heteroatoms. The number of carbonyl (C=O) groups is 2. The average molecular weight is 280 g/mol. The number of carboxylic acids is 1. The number of methoxy groups -OCH3 is 1. The Morgan fingerprint density at radius 1 is 1.45 bits per heavy atom. The predicted molar refractivity (Wildman–Crippen MR) is 70.9 cm³/mol. The van der Waals surface area contributed by atoms with Gasteiger partial charge in [0.25, 0.3) is 0 Å². The maximum absolute atomic E-state index is 12.0. The Hall–Kier alpha value is -2.12. The molecule has 7 nitrogen and oxygen atoms in total. The normalized spacial score (nSPS) is 21.6. The Morgan fingerprint density at radius 3 is 2.75 bits per heavy atom. The van der Waals surface area contributed by atoms with Crippen molar-refractivity contribution in [1.29, 1.82) is 0 Å². The van der Waals surface area contributed by atoms with E-state index in [4.69, 9.17) is 9.84 Å². The molecule has 1 aromatic carbocycles. The lowest BCUT2D eigenvalue weighted by atomic mass is 10.1. The van der Waals surface area contributed by atoms with Crippen LogP contribution in [0, 0.1) is 0 Å². The number of amides is 1. The van der Waals surface area contributed by atoms with Crippen LogP contribution in [0.5, 0.6) is 5.75 Å². The fourth-order valence-corrected chi connectivity index (χ4v) is 2.10. The number of carbonyl (C=O) groups excluding carboxylic acids is 1. The van der Waals surface area contributed by atoms with Crippen LogP contribution in [0.1, 0.15) is 16.8 Å². The van der Waals surface area contributed by atoms with E-state index >= 15 is 0 Å². The summed E-state index contributed by atoms with van der Waals surface area (Å²) in [6.45, 7) is 0.609. The van der Waals surface area contributed by atoms with Gasteiger partial charge in [0.2, 0.25) is 5.91 Å². The minimum Gasteiger partial charge on any atom is -0.507 e. The van der Waals surface area contributed by atoms with Gasteiger partial charge < -0.3 is 25.6 Å². The van der Waals surface area contributed by atoms with Crippen LogP contribution in [-0.2, 0) is 9.53 Å². The summed E-state index contributed by atoms with van der Waals surface area (Å²) in [6, 6.07) is 3.53. The maximum atomic E-state index is 12.0. The van der Waals surface area contributed by atoms with Gasteiger partial charge in [-0.2, -0.15) is 0 Å². The van der Waals surface area contributed by atoms with Gasteiger partial charge in [-0.3, -0.25) is 4.79 Å². The van der Waals surface area contributed by atoms with Crippen LogP contribution in [0.2, 0.25) is 0 Å². The molecule has 0 bridgehead atoms. The van der Waals surface area contributed by atoms with Crippen molar-refractivity contribution in [1.82, 2.24) is 5.32 Å². The monoisotopic (exact) mass is 280 g/mol. The molecular formula is C13H16N2O5. The molecule has 1 amide bonds.